The van der Waals surface area contributed by atoms with Gasteiger partial charge in [-0.2, -0.15) is 0 Å². The highest BCUT2D eigenvalue weighted by Crippen LogP contribution is 2.40. The summed E-state index contributed by atoms with van der Waals surface area (Å²) in [5, 5.41) is 8.70. The summed E-state index contributed by atoms with van der Waals surface area (Å²) < 4.78 is 79.5. The number of ether oxygens (including phenoxy) is 7. The summed E-state index contributed by atoms with van der Waals surface area (Å²) in [6.45, 7) is 9.54. The van der Waals surface area contributed by atoms with Crippen LogP contribution in [0.3, 0.4) is 0 Å². The topological polar surface area (TPSA) is 303 Å². The number of nitrogens with zero attached hydrogens (tertiary/aromatic N) is 7. The zero-order valence-corrected chi connectivity index (χ0v) is 62.7. The zero-order chi connectivity index (χ0) is 78.3. The van der Waals surface area contributed by atoms with Gasteiger partial charge in [-0.25, -0.2) is 38.2 Å². The molecule has 6 aromatic carbocycles. The summed E-state index contributed by atoms with van der Waals surface area (Å²) in [4.78, 5) is 108. The predicted octanol–water partition coefficient (Wildman–Crippen LogP) is 8.92. The second kappa shape index (κ2) is 39.0. The minimum absolute atomic E-state index is 0.0524. The molecule has 0 radical (unpaired) electrons. The van der Waals surface area contributed by atoms with E-state index in [1.165, 1.54) is 75.9 Å². The lowest BCUT2D eigenvalue weighted by molar-refractivity contribution is -0.121. The van der Waals surface area contributed by atoms with Crippen molar-refractivity contribution < 1.29 is 70.3 Å². The number of hydroxylamine groups is 1. The normalized spacial score (nSPS) is 12.8. The van der Waals surface area contributed by atoms with Crippen LogP contribution in [0.1, 0.15) is 86.4 Å². The number of H-pyrrole nitrogens is 1. The lowest BCUT2D eigenvalue weighted by Gasteiger charge is -2.29. The molecule has 0 spiro atoms. The summed E-state index contributed by atoms with van der Waals surface area (Å²) in [7, 11) is 16.2. The number of aromatic nitrogens is 5. The number of anilines is 2. The van der Waals surface area contributed by atoms with E-state index < -0.39 is 28.7 Å². The van der Waals surface area contributed by atoms with Crippen LogP contribution in [0, 0.1) is 31.3 Å². The van der Waals surface area contributed by atoms with Gasteiger partial charge in [0.15, 0.2) is 34.6 Å². The monoisotopic (exact) mass is 1490 g/mol. The molecule has 2 unspecified atom stereocenters. The first kappa shape index (κ1) is 81.9. The van der Waals surface area contributed by atoms with Crippen LogP contribution in [0.5, 0.6) is 34.5 Å². The summed E-state index contributed by atoms with van der Waals surface area (Å²) in [6.07, 6.45) is 1.05. The van der Waals surface area contributed by atoms with Crippen molar-refractivity contribution in [1.29, 1.82) is 0 Å². The number of aryl methyl sites for hydroxylation is 4. The smallest absolute Gasteiger partial charge is 0.341 e. The van der Waals surface area contributed by atoms with E-state index in [1.807, 2.05) is 97.5 Å². The molecule has 2 atom stereocenters. The molecule has 27 nitrogen and oxygen atoms in total. The van der Waals surface area contributed by atoms with Crippen LogP contribution in [0.2, 0.25) is 0 Å². The summed E-state index contributed by atoms with van der Waals surface area (Å²) >= 11 is 0. The number of amides is 5. The standard InChI is InChI=1S/C21H25N5O4.C19H19F3N2O2.C19H25N3O5.C19H22N2O4/c1-24(2)17(13-7-6-8-14(11-13)30-5)12-22-19(27)16-10-9-15-18(23-16)25(3)21(29)26(4)20(15)28;20-14-10-15(12-16(11-14)24-5-7-26-8-6-24)23-19(25)4-2-13-1-3-17(21)18(22)9-13;1-10(13-7-15(25-4)18(27-6)16(8-13)26-5)21-17(23)9-14-11(2)20-12(3)22-19(14)24;1-23-17-10-15-8-9-21(12-16(15)11-18(17)24-2)19(22)20-25-13-14-6-4-3-5-7-14/h6-11,17H,12H2,1-5H3,(H,22,27);1,3,9-12H,2,4-8H2,(H,23,25);7-8,10H,9H2,1-6H3,(H,21,23)(H,20,22,24);3-7,10-11H,8-9,12-13H2,1-2H3,(H,20,22). The van der Waals surface area contributed by atoms with Crippen LogP contribution in [0.15, 0.2) is 142 Å². The number of aromatic amines is 1. The van der Waals surface area contributed by atoms with Crippen molar-refractivity contribution in [2.24, 2.45) is 14.1 Å². The van der Waals surface area contributed by atoms with Crippen molar-refractivity contribution in [3.63, 3.8) is 0 Å². The third-order valence-corrected chi connectivity index (χ3v) is 17.7. The van der Waals surface area contributed by atoms with E-state index >= 15 is 0 Å². The number of halogens is 3. The SMILES string of the molecule is COc1cc(C(C)NC(=O)Cc2c(C)nc(C)[nH]c2=O)cc(OC)c1OC.COc1cc2c(cc1OC)CN(C(=O)NOCc1ccccc1)CC2.COc1cccc(C(CNC(=O)c2ccc3c(=O)n(C)c(=O)n(C)c3n2)N(C)C)c1.O=C(CCc1ccc(F)c(F)c1)Nc1cc(F)cc(N2CCOCC2)c1. The maximum atomic E-state index is 13.9. The molecule has 0 aliphatic carbocycles. The fourth-order valence-electron chi connectivity index (χ4n) is 11.9. The largest absolute Gasteiger partial charge is 0.497 e. The molecule has 0 bridgehead atoms. The Morgan fingerprint density at radius 3 is 2.00 bits per heavy atom. The molecule has 574 valence electrons. The second-order valence-corrected chi connectivity index (χ2v) is 25.3. The number of methoxy groups -OCH3 is 6. The van der Waals surface area contributed by atoms with Gasteiger partial charge >= 0.3 is 11.7 Å². The van der Waals surface area contributed by atoms with Crippen LogP contribution >= 0.6 is 0 Å². The van der Waals surface area contributed by atoms with Gasteiger partial charge in [0.05, 0.1) is 86.4 Å². The fourth-order valence-corrected chi connectivity index (χ4v) is 11.9. The molecule has 108 heavy (non-hydrogen) atoms. The van der Waals surface area contributed by atoms with E-state index in [0.29, 0.717) is 115 Å². The van der Waals surface area contributed by atoms with Crippen molar-refractivity contribution >= 4 is 46.2 Å². The molecule has 9 aromatic rings. The number of fused-ring (bicyclic) bond motifs is 2. The number of hydrogen-bond acceptors (Lipinski definition) is 19. The summed E-state index contributed by atoms with van der Waals surface area (Å²) in [6, 6.07) is 35.1. The molecule has 1 fully saturated rings. The van der Waals surface area contributed by atoms with Gasteiger partial charge in [0.2, 0.25) is 17.6 Å². The average molecular weight is 1490 g/mol. The number of pyridine rings is 1. The number of nitrogens with one attached hydrogen (secondary N) is 5. The van der Waals surface area contributed by atoms with Crippen molar-refractivity contribution in [1.82, 2.24) is 50.0 Å². The fraction of sp³-hybridized carbons (Fsp3) is 0.346. The Morgan fingerprint density at radius 2 is 1.36 bits per heavy atom. The van der Waals surface area contributed by atoms with Gasteiger partial charge in [0.25, 0.3) is 17.0 Å². The van der Waals surface area contributed by atoms with Crippen molar-refractivity contribution in [2.45, 2.75) is 71.7 Å². The van der Waals surface area contributed by atoms with Crippen LogP contribution in [-0.2, 0) is 65.7 Å². The Hall–Kier alpha value is -11.8. The molecule has 3 aromatic heterocycles. The minimum atomic E-state index is -0.941. The number of carbonyl (C=O) groups excluding carboxylic acids is 4. The maximum Gasteiger partial charge on any atom is 0.341 e. The van der Waals surface area contributed by atoms with Crippen molar-refractivity contribution in [2.75, 3.05) is 106 Å². The van der Waals surface area contributed by atoms with Gasteiger partial charge in [0, 0.05) is 75.9 Å². The Kier molecular flexibility index (Phi) is 29.6. The van der Waals surface area contributed by atoms with Gasteiger partial charge < -0.3 is 68.8 Å². The predicted molar refractivity (Wildman–Crippen MR) is 401 cm³/mol. The first-order chi connectivity index (χ1) is 51.8. The molecule has 1 saturated heterocycles. The Bertz CT molecular complexity index is 4800. The van der Waals surface area contributed by atoms with Crippen LogP contribution in [0.4, 0.5) is 29.3 Å². The molecule has 30 heteroatoms. The number of urea groups is 1. The number of carbonyl (C=O) groups is 4. The van der Waals surface area contributed by atoms with Crippen LogP contribution in [0.25, 0.3) is 11.0 Å². The highest BCUT2D eigenvalue weighted by molar-refractivity contribution is 5.94. The Labute approximate surface area is 622 Å². The highest BCUT2D eigenvalue weighted by Gasteiger charge is 2.25. The molecule has 0 saturated carbocycles. The highest BCUT2D eigenvalue weighted by atomic mass is 19.2. The van der Waals surface area contributed by atoms with E-state index in [-0.39, 0.29) is 77.4 Å². The Morgan fingerprint density at radius 1 is 0.676 bits per heavy atom. The van der Waals surface area contributed by atoms with E-state index in [4.69, 9.17) is 38.0 Å². The van der Waals surface area contributed by atoms with E-state index in [2.05, 4.69) is 36.4 Å². The van der Waals surface area contributed by atoms with Crippen LogP contribution in [-0.4, -0.2) is 154 Å². The molecule has 11 rings (SSSR count). The molecule has 5 N–H and O–H groups in total. The number of likely N-dealkylation sites (N-methyl/N-ethyl adjacent to an activating group) is 1. The van der Waals surface area contributed by atoms with Crippen molar-refractivity contribution in [3.8, 4) is 34.5 Å². The van der Waals surface area contributed by atoms with Gasteiger partial charge in [0.1, 0.15) is 28.7 Å². The van der Waals surface area contributed by atoms with Crippen molar-refractivity contribution in [3.05, 3.63) is 232 Å². The summed E-state index contributed by atoms with van der Waals surface area (Å²) in [5.74, 6) is 0.831. The molecule has 2 aliphatic rings. The number of hydrogen-bond donors (Lipinski definition) is 5. The maximum absolute atomic E-state index is 13.9. The summed E-state index contributed by atoms with van der Waals surface area (Å²) in [5.41, 5.74) is 9.07. The third-order valence-electron chi connectivity index (χ3n) is 17.7. The average Bonchev–Trinajstić information content (AvgIpc) is 0.772. The zero-order valence-electron chi connectivity index (χ0n) is 62.7. The number of morpholine rings is 1. The molecule has 5 heterocycles. The Balaban J connectivity index is 0.000000182. The van der Waals surface area contributed by atoms with Gasteiger partial charge in [-0.05, 0) is 160 Å². The quantitative estimate of drug-likeness (QED) is 0.0373. The molecular weight excluding hydrogens is 1400 g/mol. The first-order valence-electron chi connectivity index (χ1n) is 34.4. The van der Waals surface area contributed by atoms with Gasteiger partial charge in [-0.15, -0.1) is 0 Å². The number of benzene rings is 6. The lowest BCUT2D eigenvalue weighted by atomic mass is 9.99. The number of rotatable bonds is 23. The lowest BCUT2D eigenvalue weighted by Crippen LogP contribution is -2.42. The van der Waals surface area contributed by atoms with Gasteiger partial charge in [-0.1, -0.05) is 48.5 Å². The molecule has 5 amide bonds. The third kappa shape index (κ3) is 21.9. The molecule has 2 aliphatic heterocycles. The van der Waals surface area contributed by atoms with E-state index in [0.717, 1.165) is 51.1 Å². The molecular formula is C78H91F3N12O15. The minimum Gasteiger partial charge on any atom is -0.497 e. The van der Waals surface area contributed by atoms with Crippen LogP contribution < -0.4 is 71.6 Å². The van der Waals surface area contributed by atoms with E-state index in [1.54, 1.807) is 58.3 Å². The van der Waals surface area contributed by atoms with E-state index in [9.17, 15) is 46.7 Å². The van der Waals surface area contributed by atoms with Gasteiger partial charge in [-0.3, -0.25) is 37.9 Å². The second-order valence-electron chi connectivity index (χ2n) is 25.3. The first-order valence-corrected chi connectivity index (χ1v) is 34.4.